The SMILES string of the molecule is CSCC[C@H](NC(=O)[C@H](CC(C)C)NC(=O)[C@H](C)NC(=O)[C@H](CCCN=C(N)N)NC(=O)[C@@H]1CCCN1C(=O)[C@H](CC(C)C)NC(=O)[C@H](Cc1cnc[nH]1)NC(=O)[C@@H]1CCCN1C(=O)[C@H](Cc1cnc[nH]1)NC(=O)[C@@H](NC(=O)[C@@H](NC(=O)[C@H](CCCN=C(N)N)NC(=O)[C@H](CS)NC(=O)[C@@H](N)CS)C(C)C)[C@@H](C)O)C(=O)N[C@@H](CCCN=C(N)N)C(=O)N[C@@H](CS)C(=O)O. The number of amides is 15. The number of nitrogens with two attached hydrogens (primary N) is 7. The molecule has 0 unspecified atom stereocenters. The number of aliphatic imine (C=N–C) groups is 3. The molecule has 0 saturated carbocycles. The van der Waals surface area contributed by atoms with Crippen LogP contribution in [0.3, 0.4) is 0 Å². The van der Waals surface area contributed by atoms with Gasteiger partial charge in [0.25, 0.3) is 0 Å². The van der Waals surface area contributed by atoms with Crippen LogP contribution in [0.2, 0.25) is 0 Å². The molecule has 15 amide bonds. The maximum absolute atomic E-state index is 15.1. The molecule has 31 N–H and O–H groups in total. The molecule has 2 aromatic rings. The third-order valence-electron chi connectivity index (χ3n) is 20.7. The number of nitrogens with zero attached hydrogens (tertiary/aromatic N) is 7. The van der Waals surface area contributed by atoms with Gasteiger partial charge in [0.1, 0.15) is 90.6 Å². The van der Waals surface area contributed by atoms with Crippen molar-refractivity contribution in [1.82, 2.24) is 98.9 Å². The van der Waals surface area contributed by atoms with Gasteiger partial charge in [-0.1, -0.05) is 41.5 Å². The number of carboxylic acids is 1. The molecule has 0 aliphatic carbocycles. The zero-order valence-electron chi connectivity index (χ0n) is 74.2. The smallest absolute Gasteiger partial charge is 0.327 e. The number of H-pyrrole nitrogens is 2. The summed E-state index contributed by atoms with van der Waals surface area (Å²) < 4.78 is 0. The number of hydrogen-bond donors (Lipinski definition) is 27. The highest BCUT2D eigenvalue weighted by Crippen LogP contribution is 2.24. The molecule has 0 aromatic carbocycles. The van der Waals surface area contributed by atoms with Gasteiger partial charge in [-0.2, -0.15) is 49.6 Å². The van der Waals surface area contributed by atoms with Crippen molar-refractivity contribution in [1.29, 1.82) is 0 Å². The van der Waals surface area contributed by atoms with Crippen molar-refractivity contribution in [3.63, 3.8) is 0 Å². The Bertz CT molecular complexity index is 4140. The molecule has 17 atom stereocenters. The lowest BCUT2D eigenvalue weighted by Gasteiger charge is -2.32. The zero-order chi connectivity index (χ0) is 96.5. The predicted octanol–water partition coefficient (Wildman–Crippen LogP) is -7.53. The Hall–Kier alpha value is -10.9. The molecule has 722 valence electrons. The molecule has 2 aliphatic rings. The van der Waals surface area contributed by atoms with Gasteiger partial charge >= 0.3 is 5.97 Å². The Labute approximate surface area is 769 Å². The quantitative estimate of drug-likeness (QED) is 0.0127. The van der Waals surface area contributed by atoms with Gasteiger partial charge in [-0.15, -0.1) is 0 Å². The van der Waals surface area contributed by atoms with Crippen LogP contribution in [-0.4, -0.2) is 317 Å². The first kappa shape index (κ1) is 110. The second-order valence-electron chi connectivity index (χ2n) is 32.6. The summed E-state index contributed by atoms with van der Waals surface area (Å²) in [6, 6.07) is -22.0. The minimum absolute atomic E-state index is 0.00553. The van der Waals surface area contributed by atoms with E-state index in [0.717, 1.165) is 0 Å². The number of thioether (sulfide) groups is 1. The number of aliphatic hydroxyl groups excluding tert-OH is 1. The van der Waals surface area contributed by atoms with Crippen molar-refractivity contribution in [3.05, 3.63) is 36.4 Å². The highest BCUT2D eigenvalue weighted by Gasteiger charge is 2.45. The molecule has 4 rings (SSSR count). The second kappa shape index (κ2) is 56.5. The number of aliphatic hydroxyl groups is 1. The maximum Gasteiger partial charge on any atom is 0.327 e. The second-order valence-corrected chi connectivity index (χ2v) is 34.7. The number of rotatable bonds is 57. The van der Waals surface area contributed by atoms with E-state index in [-0.39, 0.29) is 176 Å². The van der Waals surface area contributed by atoms with Crippen LogP contribution in [0.25, 0.3) is 0 Å². The Morgan fingerprint density at radius 2 is 0.814 bits per heavy atom. The number of aromatic nitrogens is 4. The van der Waals surface area contributed by atoms with Crippen molar-refractivity contribution in [2.24, 2.45) is 72.9 Å². The van der Waals surface area contributed by atoms with Crippen LogP contribution in [0.4, 0.5) is 0 Å². The van der Waals surface area contributed by atoms with Gasteiger partial charge in [0.2, 0.25) is 88.6 Å². The van der Waals surface area contributed by atoms with Crippen LogP contribution in [0.5, 0.6) is 0 Å². The molecule has 2 saturated heterocycles. The molecule has 0 spiro atoms. The number of aromatic amines is 2. The predicted molar refractivity (Wildman–Crippen MR) is 490 cm³/mol. The lowest BCUT2D eigenvalue weighted by atomic mass is 10.0. The van der Waals surface area contributed by atoms with Crippen molar-refractivity contribution >= 4 is 162 Å². The van der Waals surface area contributed by atoms with Gasteiger partial charge in [0, 0.05) is 86.6 Å². The van der Waals surface area contributed by atoms with E-state index in [0.29, 0.717) is 17.1 Å². The minimum Gasteiger partial charge on any atom is -0.480 e. The van der Waals surface area contributed by atoms with Crippen molar-refractivity contribution in [2.45, 2.75) is 254 Å². The van der Waals surface area contributed by atoms with Crippen LogP contribution in [-0.2, 0) is 89.6 Å². The molecule has 2 fully saturated rings. The summed E-state index contributed by atoms with van der Waals surface area (Å²) in [5.74, 6) is -16.2. The van der Waals surface area contributed by atoms with E-state index < -0.39 is 203 Å². The van der Waals surface area contributed by atoms with E-state index in [1.54, 1.807) is 47.8 Å². The number of guanidine groups is 3. The number of carboxylic acid groups (broad SMARTS) is 1. The Morgan fingerprint density at radius 3 is 1.24 bits per heavy atom. The third kappa shape index (κ3) is 38.0. The first-order valence-electron chi connectivity index (χ1n) is 42.6. The fourth-order valence-corrected chi connectivity index (χ4v) is 15.0. The topological polar surface area (TPSA) is 753 Å². The van der Waals surface area contributed by atoms with Crippen LogP contribution in [0.1, 0.15) is 150 Å². The third-order valence-corrected chi connectivity index (χ3v) is 22.5. The van der Waals surface area contributed by atoms with Crippen LogP contribution in [0, 0.1) is 17.8 Å². The summed E-state index contributed by atoms with van der Waals surface area (Å²) >= 11 is 13.6. The Morgan fingerprint density at radius 1 is 0.450 bits per heavy atom. The number of likely N-dealkylation sites (tertiary alicyclic amines) is 2. The summed E-state index contributed by atoms with van der Waals surface area (Å²) in [7, 11) is 0. The Balaban J connectivity index is 1.57. The van der Waals surface area contributed by atoms with Gasteiger partial charge in [-0.05, 0) is 127 Å². The first-order valence-corrected chi connectivity index (χ1v) is 45.9. The monoisotopic (exact) mass is 1890 g/mol. The summed E-state index contributed by atoms with van der Waals surface area (Å²) in [4.78, 5) is 255. The average molecular weight is 1890 g/mol. The van der Waals surface area contributed by atoms with Gasteiger partial charge in [-0.3, -0.25) is 86.9 Å². The normalized spacial score (nSPS) is 17.1. The molecule has 2 aliphatic heterocycles. The van der Waals surface area contributed by atoms with E-state index >= 15 is 9.59 Å². The number of carbonyl (C=O) groups excluding carboxylic acids is 15. The number of hydrogen-bond acceptors (Lipinski definition) is 27. The highest BCUT2D eigenvalue weighted by atomic mass is 32.2. The minimum atomic E-state index is -1.81. The summed E-state index contributed by atoms with van der Waals surface area (Å²) in [6.07, 6.45) is 5.92. The summed E-state index contributed by atoms with van der Waals surface area (Å²) in [6.45, 7) is 12.8. The molecule has 0 radical (unpaired) electrons. The standard InChI is InChI=1S/C78H133N29O18S4/c1-38(2)27-50(66(115)96-49(20-26-129-9)64(113)94-47(16-11-22-89-77(82)83)63(112)103-55(35-128)75(124)125)98-60(109)41(7)93-62(111)46(15-10-21-88-76(80)81)97-69(118)56-18-13-24-106(56)73(122)52(28-39(3)4)100-67(116)51(29-43-31-86-36-91-43)99-70(119)57-19-14-25-107(57)74(123)53(30-44-32-87-37-92-44)101-72(121)59(42(8)108)105-71(120)58(40(5)6)104-65(114)48(17-12-23-90-78(84)85)95-68(117)54(34-127)102-61(110)45(79)33-126/h31-32,36-42,45-59,108,126-128H,10-30,33-35,79H2,1-9H3,(H,86,91)(H,87,92)(H,93,111)(H,94,113)(H,95,117)(H,96,115)(H,97,118)(H,98,109)(H,99,119)(H,100,116)(H,101,121)(H,102,110)(H,103,112)(H,104,114)(H,105,120)(H,124,125)(H4,80,81,88)(H4,82,83,89)(H4,84,85,90)/t41-,42+,45-,46-,47-,48-,49-,50-,51-,52-,53-,54-,55-,56-,57-,58-,59-/m0/s1. The van der Waals surface area contributed by atoms with E-state index in [1.165, 1.54) is 60.5 Å². The zero-order valence-corrected chi connectivity index (χ0v) is 77.7. The average Bonchev–Trinajstić information content (AvgIpc) is 1.71. The number of imidazole rings is 2. The van der Waals surface area contributed by atoms with E-state index in [4.69, 9.17) is 40.1 Å². The maximum atomic E-state index is 15.1. The molecular weight excluding hydrogens is 1760 g/mol. The number of thiol groups is 3. The molecular formula is C78H133N29O18S4. The molecule has 129 heavy (non-hydrogen) atoms. The molecule has 0 bridgehead atoms. The van der Waals surface area contributed by atoms with E-state index in [1.807, 2.05) is 0 Å². The van der Waals surface area contributed by atoms with Crippen molar-refractivity contribution < 1.29 is 86.9 Å². The first-order chi connectivity index (χ1) is 60.9. The fourth-order valence-electron chi connectivity index (χ4n) is 13.9. The molecule has 47 nitrogen and oxygen atoms in total. The van der Waals surface area contributed by atoms with Gasteiger partial charge in [-0.25, -0.2) is 14.8 Å². The number of nitrogens with one attached hydrogen (secondary N) is 15. The van der Waals surface area contributed by atoms with Gasteiger partial charge in [0.05, 0.1) is 24.8 Å². The van der Waals surface area contributed by atoms with E-state index in [9.17, 15) is 77.3 Å². The number of carbonyl (C=O) groups is 16. The van der Waals surface area contributed by atoms with Crippen LogP contribution >= 0.6 is 49.6 Å². The van der Waals surface area contributed by atoms with Gasteiger partial charge < -0.3 is 139 Å². The summed E-state index contributed by atoms with van der Waals surface area (Å²) in [5.41, 5.74) is 39.7. The molecule has 2 aromatic heterocycles. The molecule has 51 heteroatoms. The highest BCUT2D eigenvalue weighted by molar-refractivity contribution is 7.98. The largest absolute Gasteiger partial charge is 0.480 e. The van der Waals surface area contributed by atoms with Crippen molar-refractivity contribution in [2.75, 3.05) is 62.0 Å². The number of aliphatic carboxylic acids is 1. The summed E-state index contributed by atoms with van der Waals surface area (Å²) in [5, 5.41) is 54.9. The lowest BCUT2D eigenvalue weighted by molar-refractivity contribution is -0.144. The Kier molecular flexibility index (Phi) is 48.4. The van der Waals surface area contributed by atoms with Crippen molar-refractivity contribution in [3.8, 4) is 0 Å². The van der Waals surface area contributed by atoms with Crippen LogP contribution in [0.15, 0.2) is 40.0 Å². The molecule has 4 heterocycles. The lowest BCUT2D eigenvalue weighted by Crippen LogP contribution is -2.63. The van der Waals surface area contributed by atoms with Gasteiger partial charge in [0.15, 0.2) is 17.9 Å². The fraction of sp³-hybridized carbons (Fsp3) is 0.679. The van der Waals surface area contributed by atoms with E-state index in [2.05, 4.69) is 142 Å². The van der Waals surface area contributed by atoms with Crippen LogP contribution < -0.4 is 109 Å².